The predicted octanol–water partition coefficient (Wildman–Crippen LogP) is 2.25. The van der Waals surface area contributed by atoms with Crippen LogP contribution in [0.4, 0.5) is 19.0 Å². The van der Waals surface area contributed by atoms with E-state index in [9.17, 15) is 23.5 Å². The fourth-order valence-electron chi connectivity index (χ4n) is 3.98. The molecule has 0 saturated carbocycles. The van der Waals surface area contributed by atoms with Crippen molar-refractivity contribution in [3.8, 4) is 5.69 Å². The molecule has 4 rings (SSSR count). The number of aromatic nitrogens is 2. The fourth-order valence-corrected chi connectivity index (χ4v) is 3.98. The molecule has 37 heavy (non-hydrogen) atoms. The molecule has 194 valence electrons. The van der Waals surface area contributed by atoms with Crippen molar-refractivity contribution in [3.05, 3.63) is 63.7 Å². The van der Waals surface area contributed by atoms with Gasteiger partial charge in [-0.3, -0.25) is 9.36 Å². The van der Waals surface area contributed by atoms with E-state index in [-0.39, 0.29) is 42.7 Å². The molecule has 2 aromatic heterocycles. The second kappa shape index (κ2) is 10.2. The van der Waals surface area contributed by atoms with Gasteiger partial charge in [0.05, 0.1) is 29.2 Å². The number of carboxylic acid groups (broad SMARTS) is 1. The molecule has 11 nitrogen and oxygen atoms in total. The van der Waals surface area contributed by atoms with Crippen molar-refractivity contribution in [1.82, 2.24) is 9.55 Å². The Bertz CT molecular complexity index is 1510. The molecule has 1 atom stereocenters. The van der Waals surface area contributed by atoms with Crippen LogP contribution in [0, 0.1) is 23.4 Å². The SMILES string of the molecule is CCO/N=C1/CN(c2nc3c(cc2F)c(=O)c(C(=O)O)cn3-c2ccc(F)cc2F)CC1/C(N)=N\OC. The molecule has 0 aliphatic carbocycles. The van der Waals surface area contributed by atoms with Gasteiger partial charge in [0.2, 0.25) is 5.43 Å². The number of hydrogen-bond acceptors (Lipinski definition) is 8. The summed E-state index contributed by atoms with van der Waals surface area (Å²) in [6.45, 7) is 2.06. The lowest BCUT2D eigenvalue weighted by atomic mass is 10.1. The minimum absolute atomic E-state index is 0.0162. The maximum Gasteiger partial charge on any atom is 0.341 e. The molecule has 0 spiro atoms. The Balaban J connectivity index is 1.93. The van der Waals surface area contributed by atoms with Gasteiger partial charge in [0.15, 0.2) is 17.3 Å². The van der Waals surface area contributed by atoms with Gasteiger partial charge in [0, 0.05) is 18.8 Å². The lowest BCUT2D eigenvalue weighted by molar-refractivity contribution is 0.0695. The molecule has 1 unspecified atom stereocenters. The van der Waals surface area contributed by atoms with Gasteiger partial charge < -0.3 is 25.4 Å². The largest absolute Gasteiger partial charge is 0.477 e. The van der Waals surface area contributed by atoms with E-state index in [2.05, 4.69) is 15.3 Å². The van der Waals surface area contributed by atoms with Crippen LogP contribution in [0.2, 0.25) is 0 Å². The highest BCUT2D eigenvalue weighted by Crippen LogP contribution is 2.28. The lowest BCUT2D eigenvalue weighted by Crippen LogP contribution is -2.31. The summed E-state index contributed by atoms with van der Waals surface area (Å²) in [5.41, 5.74) is 4.08. The van der Waals surface area contributed by atoms with Crippen LogP contribution in [0.25, 0.3) is 16.7 Å². The van der Waals surface area contributed by atoms with Crippen LogP contribution in [0.15, 0.2) is 45.6 Å². The third-order valence-electron chi connectivity index (χ3n) is 5.63. The Morgan fingerprint density at radius 1 is 1.27 bits per heavy atom. The van der Waals surface area contributed by atoms with Gasteiger partial charge in [-0.05, 0) is 25.1 Å². The van der Waals surface area contributed by atoms with Gasteiger partial charge >= 0.3 is 5.97 Å². The first-order valence-electron chi connectivity index (χ1n) is 10.9. The summed E-state index contributed by atoms with van der Waals surface area (Å²) < 4.78 is 44.5. The van der Waals surface area contributed by atoms with E-state index in [1.165, 1.54) is 12.0 Å². The third kappa shape index (κ3) is 4.77. The number of nitrogens with zero attached hydrogens (tertiary/aromatic N) is 5. The maximum absolute atomic E-state index is 15.3. The summed E-state index contributed by atoms with van der Waals surface area (Å²) in [5, 5.41) is 16.8. The van der Waals surface area contributed by atoms with Crippen LogP contribution in [0.1, 0.15) is 17.3 Å². The number of carbonyl (C=O) groups is 1. The van der Waals surface area contributed by atoms with Crippen molar-refractivity contribution in [2.45, 2.75) is 6.92 Å². The first-order chi connectivity index (χ1) is 17.7. The van der Waals surface area contributed by atoms with Crippen molar-refractivity contribution < 1.29 is 32.7 Å². The minimum atomic E-state index is -1.61. The van der Waals surface area contributed by atoms with Crippen LogP contribution in [-0.2, 0) is 9.68 Å². The molecule has 1 aliphatic heterocycles. The molecule has 14 heteroatoms. The number of nitrogens with two attached hydrogens (primary N) is 1. The summed E-state index contributed by atoms with van der Waals surface area (Å²) in [5.74, 6) is -5.29. The molecular weight excluding hydrogens is 497 g/mol. The van der Waals surface area contributed by atoms with Gasteiger partial charge in [-0.2, -0.15) is 0 Å². The number of rotatable bonds is 7. The zero-order chi connectivity index (χ0) is 26.9. The van der Waals surface area contributed by atoms with E-state index >= 15 is 4.39 Å². The van der Waals surface area contributed by atoms with Gasteiger partial charge in [-0.25, -0.2) is 22.9 Å². The average molecular weight is 518 g/mol. The molecule has 3 aromatic rings. The average Bonchev–Trinajstić information content (AvgIpc) is 3.27. The van der Waals surface area contributed by atoms with Crippen LogP contribution < -0.4 is 16.1 Å². The lowest BCUT2D eigenvalue weighted by Gasteiger charge is -2.19. The summed E-state index contributed by atoms with van der Waals surface area (Å²) in [7, 11) is 1.31. The molecule has 3 heterocycles. The standard InChI is InChI=1S/C23H21F3N6O5/c1-3-37-29-17-10-31(8-13(17)20(27)30-36-2)22-16(26)7-12-19(33)14(23(34)35)9-32(21(12)28-22)18-5-4-11(24)6-15(18)25/h4-7,9,13H,3,8,10H2,1-2H3,(H2,27,30)(H,34,35)/b29-17-. The smallest absolute Gasteiger partial charge is 0.341 e. The number of halogens is 3. The zero-order valence-electron chi connectivity index (χ0n) is 19.6. The highest BCUT2D eigenvalue weighted by Gasteiger charge is 2.35. The molecular formula is C23H21F3N6O5. The summed E-state index contributed by atoms with van der Waals surface area (Å²) in [4.78, 5) is 40.1. The van der Waals surface area contributed by atoms with E-state index in [0.717, 1.165) is 29.0 Å². The first kappa shape index (κ1) is 25.5. The number of anilines is 1. The van der Waals surface area contributed by atoms with E-state index in [4.69, 9.17) is 15.4 Å². The van der Waals surface area contributed by atoms with E-state index < -0.39 is 45.7 Å². The van der Waals surface area contributed by atoms with Crippen molar-refractivity contribution in [2.75, 3.05) is 31.7 Å². The van der Waals surface area contributed by atoms with Crippen LogP contribution in [0.3, 0.4) is 0 Å². The van der Waals surface area contributed by atoms with E-state index in [1.54, 1.807) is 6.92 Å². The Kier molecular flexibility index (Phi) is 7.00. The van der Waals surface area contributed by atoms with Crippen LogP contribution in [-0.4, -0.2) is 59.0 Å². The third-order valence-corrected chi connectivity index (χ3v) is 5.63. The number of pyridine rings is 2. The number of benzene rings is 1. The predicted molar refractivity (Wildman–Crippen MR) is 128 cm³/mol. The monoisotopic (exact) mass is 518 g/mol. The highest BCUT2D eigenvalue weighted by atomic mass is 19.1. The van der Waals surface area contributed by atoms with Crippen molar-refractivity contribution in [3.63, 3.8) is 0 Å². The summed E-state index contributed by atoms with van der Waals surface area (Å²) in [6.07, 6.45) is 0.857. The molecule has 0 radical (unpaired) electrons. The Labute approximate surface area is 207 Å². The molecule has 0 amide bonds. The fraction of sp³-hybridized carbons (Fsp3) is 0.261. The van der Waals surface area contributed by atoms with Gasteiger partial charge in [0.1, 0.15) is 36.8 Å². The molecule has 1 saturated heterocycles. The topological polar surface area (TPSA) is 145 Å². The second-order valence-electron chi connectivity index (χ2n) is 7.94. The number of amidine groups is 1. The quantitative estimate of drug-likeness (QED) is 0.275. The maximum atomic E-state index is 15.3. The molecule has 1 aromatic carbocycles. The van der Waals surface area contributed by atoms with Gasteiger partial charge in [0.25, 0.3) is 0 Å². The summed E-state index contributed by atoms with van der Waals surface area (Å²) in [6, 6.07) is 3.41. The van der Waals surface area contributed by atoms with Gasteiger partial charge in [-0.15, -0.1) is 0 Å². The number of oxime groups is 2. The summed E-state index contributed by atoms with van der Waals surface area (Å²) >= 11 is 0. The normalized spacial score (nSPS) is 17.0. The Morgan fingerprint density at radius 2 is 2.03 bits per heavy atom. The highest BCUT2D eigenvalue weighted by molar-refractivity contribution is 6.10. The zero-order valence-corrected chi connectivity index (χ0v) is 19.6. The first-order valence-corrected chi connectivity index (χ1v) is 10.9. The number of hydrogen-bond donors (Lipinski definition) is 2. The van der Waals surface area contributed by atoms with E-state index in [1.807, 2.05) is 0 Å². The Morgan fingerprint density at radius 3 is 2.68 bits per heavy atom. The number of aromatic carboxylic acids is 1. The van der Waals surface area contributed by atoms with Crippen molar-refractivity contribution in [2.24, 2.45) is 22.0 Å². The van der Waals surface area contributed by atoms with Crippen LogP contribution >= 0.6 is 0 Å². The minimum Gasteiger partial charge on any atom is -0.477 e. The molecule has 1 fully saturated rings. The Hall–Kier alpha value is -4.62. The van der Waals surface area contributed by atoms with Crippen molar-refractivity contribution in [1.29, 1.82) is 0 Å². The molecule has 0 bridgehead atoms. The van der Waals surface area contributed by atoms with Crippen molar-refractivity contribution >= 4 is 34.4 Å². The van der Waals surface area contributed by atoms with E-state index in [0.29, 0.717) is 11.8 Å². The van der Waals surface area contributed by atoms with Gasteiger partial charge in [-0.1, -0.05) is 10.3 Å². The van der Waals surface area contributed by atoms with Crippen LogP contribution in [0.5, 0.6) is 0 Å². The number of fused-ring (bicyclic) bond motifs is 1. The second-order valence-corrected chi connectivity index (χ2v) is 7.94. The number of carboxylic acids is 1. The molecule has 3 N–H and O–H groups in total. The molecule has 1 aliphatic rings.